The van der Waals surface area contributed by atoms with Crippen molar-refractivity contribution in [3.63, 3.8) is 0 Å². The Balaban J connectivity index is 2.73. The summed E-state index contributed by atoms with van der Waals surface area (Å²) in [6, 6.07) is 0. The molecule has 0 bridgehead atoms. The van der Waals surface area contributed by atoms with Crippen LogP contribution in [0, 0.1) is 16.7 Å². The minimum absolute atomic E-state index is 0.0569. The molecule has 0 unspecified atom stereocenters. The van der Waals surface area contributed by atoms with Crippen molar-refractivity contribution >= 4 is 5.97 Å². The van der Waals surface area contributed by atoms with E-state index >= 15 is 0 Å². The molecule has 1 aliphatic carbocycles. The molecule has 1 aliphatic rings. The Morgan fingerprint density at radius 2 is 1.67 bits per heavy atom. The normalized spacial score (nSPS) is 24.1. The Kier molecular flexibility index (Phi) is 3.47. The van der Waals surface area contributed by atoms with E-state index < -0.39 is 5.97 Å². The molecular weight excluding hydrogens is 188 g/mol. The summed E-state index contributed by atoms with van der Waals surface area (Å²) >= 11 is 0. The van der Waals surface area contributed by atoms with Crippen LogP contribution in [0.2, 0.25) is 0 Å². The zero-order valence-electron chi connectivity index (χ0n) is 10.5. The molecule has 0 radical (unpaired) electrons. The number of hydrogen-bond acceptors (Lipinski definition) is 1. The molecule has 1 fully saturated rings. The van der Waals surface area contributed by atoms with Crippen LogP contribution in [0.25, 0.3) is 0 Å². The summed E-state index contributed by atoms with van der Waals surface area (Å²) in [6.07, 6.45) is 4.82. The van der Waals surface area contributed by atoms with Crippen LogP contribution in [0.5, 0.6) is 0 Å². The number of hydrogen-bond donors (Lipinski definition) is 1. The van der Waals surface area contributed by atoms with Crippen molar-refractivity contribution in [2.24, 2.45) is 16.7 Å². The van der Waals surface area contributed by atoms with Gasteiger partial charge in [-0.05, 0) is 42.4 Å². The average molecular weight is 212 g/mol. The van der Waals surface area contributed by atoms with E-state index in [0.29, 0.717) is 17.8 Å². The van der Waals surface area contributed by atoms with E-state index in [1.807, 2.05) is 0 Å². The zero-order valence-corrected chi connectivity index (χ0v) is 10.5. The van der Waals surface area contributed by atoms with Gasteiger partial charge in [0.25, 0.3) is 0 Å². The number of carboxylic acids is 1. The predicted octanol–water partition coefficient (Wildman–Crippen LogP) is 3.70. The minimum Gasteiger partial charge on any atom is -0.481 e. The van der Waals surface area contributed by atoms with Gasteiger partial charge in [0, 0.05) is 0 Å². The van der Waals surface area contributed by atoms with Gasteiger partial charge in [-0.3, -0.25) is 4.79 Å². The highest BCUT2D eigenvalue weighted by atomic mass is 16.4. The first-order valence-electron chi connectivity index (χ1n) is 5.99. The van der Waals surface area contributed by atoms with E-state index in [1.165, 1.54) is 12.8 Å². The van der Waals surface area contributed by atoms with Gasteiger partial charge in [0.2, 0.25) is 0 Å². The standard InChI is InChI=1S/C13H24O2/c1-10(2)13(9-11(14)15)7-5-12(3,4)6-8-13/h10H,5-9H2,1-4H3,(H,14,15). The number of rotatable bonds is 3. The van der Waals surface area contributed by atoms with Crippen molar-refractivity contribution in [3.8, 4) is 0 Å². The Morgan fingerprint density at radius 1 is 1.20 bits per heavy atom. The van der Waals surface area contributed by atoms with Gasteiger partial charge in [0.1, 0.15) is 0 Å². The molecule has 0 amide bonds. The molecule has 0 aromatic carbocycles. The first kappa shape index (κ1) is 12.5. The summed E-state index contributed by atoms with van der Waals surface area (Å²) in [4.78, 5) is 10.9. The highest BCUT2D eigenvalue weighted by Crippen LogP contribution is 2.50. The molecule has 88 valence electrons. The third kappa shape index (κ3) is 2.96. The molecular formula is C13H24O2. The Bertz CT molecular complexity index is 231. The highest BCUT2D eigenvalue weighted by Gasteiger charge is 2.41. The van der Waals surface area contributed by atoms with Gasteiger partial charge in [-0.15, -0.1) is 0 Å². The largest absolute Gasteiger partial charge is 0.481 e. The van der Waals surface area contributed by atoms with Gasteiger partial charge in [0.05, 0.1) is 6.42 Å². The van der Waals surface area contributed by atoms with Gasteiger partial charge in [-0.2, -0.15) is 0 Å². The van der Waals surface area contributed by atoms with Crippen molar-refractivity contribution in [2.75, 3.05) is 0 Å². The summed E-state index contributed by atoms with van der Waals surface area (Å²) in [5, 5.41) is 9.01. The second-order valence-corrected chi connectivity index (χ2v) is 6.25. The molecule has 0 spiro atoms. The summed E-state index contributed by atoms with van der Waals surface area (Å²) in [7, 11) is 0. The Labute approximate surface area is 93.1 Å². The van der Waals surface area contributed by atoms with Gasteiger partial charge in [-0.1, -0.05) is 27.7 Å². The molecule has 0 atom stereocenters. The SMILES string of the molecule is CC(C)C1(CC(=O)O)CCC(C)(C)CC1. The smallest absolute Gasteiger partial charge is 0.303 e. The van der Waals surface area contributed by atoms with E-state index in [0.717, 1.165) is 12.8 Å². The van der Waals surface area contributed by atoms with Gasteiger partial charge < -0.3 is 5.11 Å². The van der Waals surface area contributed by atoms with E-state index in [1.54, 1.807) is 0 Å². The molecule has 0 aliphatic heterocycles. The van der Waals surface area contributed by atoms with Gasteiger partial charge in [0.15, 0.2) is 0 Å². The molecule has 2 nitrogen and oxygen atoms in total. The molecule has 0 saturated heterocycles. The van der Waals surface area contributed by atoms with Gasteiger partial charge >= 0.3 is 5.97 Å². The van der Waals surface area contributed by atoms with Crippen molar-refractivity contribution in [3.05, 3.63) is 0 Å². The second-order valence-electron chi connectivity index (χ2n) is 6.25. The maximum absolute atomic E-state index is 10.9. The monoisotopic (exact) mass is 212 g/mol. The van der Waals surface area contributed by atoms with Crippen LogP contribution in [-0.4, -0.2) is 11.1 Å². The molecule has 2 heteroatoms. The number of aliphatic carboxylic acids is 1. The van der Waals surface area contributed by atoms with Crippen LogP contribution < -0.4 is 0 Å². The molecule has 0 heterocycles. The molecule has 1 saturated carbocycles. The molecule has 0 aromatic rings. The fourth-order valence-electron chi connectivity index (χ4n) is 2.68. The Hall–Kier alpha value is -0.530. The van der Waals surface area contributed by atoms with Crippen LogP contribution in [0.3, 0.4) is 0 Å². The number of carbonyl (C=O) groups is 1. The fraction of sp³-hybridized carbons (Fsp3) is 0.923. The lowest BCUT2D eigenvalue weighted by Gasteiger charge is -2.45. The van der Waals surface area contributed by atoms with Crippen LogP contribution in [-0.2, 0) is 4.79 Å². The van der Waals surface area contributed by atoms with Crippen molar-refractivity contribution < 1.29 is 9.90 Å². The lowest BCUT2D eigenvalue weighted by Crippen LogP contribution is -2.37. The van der Waals surface area contributed by atoms with Crippen molar-refractivity contribution in [1.82, 2.24) is 0 Å². The first-order valence-corrected chi connectivity index (χ1v) is 5.99. The highest BCUT2D eigenvalue weighted by molar-refractivity contribution is 5.67. The topological polar surface area (TPSA) is 37.3 Å². The quantitative estimate of drug-likeness (QED) is 0.774. The summed E-state index contributed by atoms with van der Waals surface area (Å²) in [6.45, 7) is 8.92. The minimum atomic E-state index is -0.636. The van der Waals surface area contributed by atoms with Crippen molar-refractivity contribution in [2.45, 2.75) is 59.8 Å². The Morgan fingerprint density at radius 3 is 2.00 bits per heavy atom. The zero-order chi connectivity index (χ0) is 11.7. The lowest BCUT2D eigenvalue weighted by molar-refractivity contribution is -0.142. The van der Waals surface area contributed by atoms with E-state index in [9.17, 15) is 4.79 Å². The van der Waals surface area contributed by atoms with Gasteiger partial charge in [-0.25, -0.2) is 0 Å². The average Bonchev–Trinajstić information content (AvgIpc) is 2.08. The van der Waals surface area contributed by atoms with Crippen molar-refractivity contribution in [1.29, 1.82) is 0 Å². The third-order valence-corrected chi connectivity index (χ3v) is 4.33. The van der Waals surface area contributed by atoms with E-state index in [2.05, 4.69) is 27.7 Å². The predicted molar refractivity (Wildman–Crippen MR) is 61.8 cm³/mol. The maximum atomic E-state index is 10.9. The molecule has 1 rings (SSSR count). The first-order chi connectivity index (χ1) is 6.77. The lowest BCUT2D eigenvalue weighted by atomic mass is 9.59. The molecule has 15 heavy (non-hydrogen) atoms. The summed E-state index contributed by atoms with van der Waals surface area (Å²) < 4.78 is 0. The van der Waals surface area contributed by atoms with Crippen LogP contribution in [0.15, 0.2) is 0 Å². The summed E-state index contributed by atoms with van der Waals surface area (Å²) in [5.41, 5.74) is 0.470. The third-order valence-electron chi connectivity index (χ3n) is 4.33. The number of carboxylic acid groups (broad SMARTS) is 1. The fourth-order valence-corrected chi connectivity index (χ4v) is 2.68. The van der Waals surface area contributed by atoms with Crippen LogP contribution in [0.4, 0.5) is 0 Å². The van der Waals surface area contributed by atoms with E-state index in [4.69, 9.17) is 5.11 Å². The van der Waals surface area contributed by atoms with E-state index in [-0.39, 0.29) is 5.41 Å². The van der Waals surface area contributed by atoms with Crippen LogP contribution >= 0.6 is 0 Å². The maximum Gasteiger partial charge on any atom is 0.303 e. The van der Waals surface area contributed by atoms with Crippen LogP contribution in [0.1, 0.15) is 59.8 Å². The summed E-state index contributed by atoms with van der Waals surface area (Å²) in [5.74, 6) is -0.159. The molecule has 0 aromatic heterocycles. The molecule has 1 N–H and O–H groups in total. The second kappa shape index (κ2) is 4.15.